The SMILES string of the molecule is CCCCCCCC/C=C\CCCCCCCC(=O)N[C@@H](Cc1c[nH]c2ccccc12)C(=O)[O-].[Na+]. The first-order valence-electron chi connectivity index (χ1n) is 13.3. The summed E-state index contributed by atoms with van der Waals surface area (Å²) < 4.78 is 0. The number of benzene rings is 1. The fourth-order valence-corrected chi connectivity index (χ4v) is 4.34. The Kier molecular flexibility index (Phi) is 17.6. The third-order valence-electron chi connectivity index (χ3n) is 6.38. The molecule has 6 heteroatoms. The molecule has 0 aliphatic heterocycles. The Balaban J connectivity index is 0.00000612. The molecule has 1 heterocycles. The number of carboxylic acid groups (broad SMARTS) is 1. The number of H-pyrrole nitrogens is 1. The Bertz CT molecular complexity index is 878. The van der Waals surface area contributed by atoms with Crippen LogP contribution in [0.15, 0.2) is 42.6 Å². The second kappa shape index (κ2) is 19.6. The molecule has 35 heavy (non-hydrogen) atoms. The van der Waals surface area contributed by atoms with Crippen LogP contribution in [0.5, 0.6) is 0 Å². The first kappa shape index (κ1) is 31.5. The van der Waals surface area contributed by atoms with Crippen molar-refractivity contribution in [1.29, 1.82) is 0 Å². The van der Waals surface area contributed by atoms with Crippen molar-refractivity contribution in [2.24, 2.45) is 0 Å². The number of fused-ring (bicyclic) bond motifs is 1. The minimum Gasteiger partial charge on any atom is -0.548 e. The molecule has 2 rings (SSSR count). The Labute approximate surface area is 233 Å². The number of rotatable bonds is 19. The van der Waals surface area contributed by atoms with Gasteiger partial charge in [0.1, 0.15) is 0 Å². The number of allylic oxidation sites excluding steroid dienone is 2. The molecule has 0 saturated heterocycles. The minimum absolute atomic E-state index is 0. The van der Waals surface area contributed by atoms with Crippen LogP contribution < -0.4 is 40.0 Å². The van der Waals surface area contributed by atoms with Crippen LogP contribution in [0.3, 0.4) is 0 Å². The normalized spacial score (nSPS) is 12.0. The number of nitrogens with one attached hydrogen (secondary N) is 2. The zero-order chi connectivity index (χ0) is 24.4. The number of carbonyl (C=O) groups excluding carboxylic acids is 2. The molecule has 2 aromatic rings. The number of aromatic nitrogens is 1. The van der Waals surface area contributed by atoms with Crippen molar-refractivity contribution in [3.05, 3.63) is 48.2 Å². The summed E-state index contributed by atoms with van der Waals surface area (Å²) in [6.07, 6.45) is 22.7. The molecule has 1 atom stereocenters. The summed E-state index contributed by atoms with van der Waals surface area (Å²) in [5.74, 6) is -1.46. The molecular formula is C29H43N2NaO3. The molecule has 0 spiro atoms. The molecule has 5 nitrogen and oxygen atoms in total. The topological polar surface area (TPSA) is 85.0 Å². The number of amides is 1. The van der Waals surface area contributed by atoms with Gasteiger partial charge in [-0.25, -0.2) is 0 Å². The molecular weight excluding hydrogens is 447 g/mol. The average Bonchev–Trinajstić information content (AvgIpc) is 3.24. The average molecular weight is 491 g/mol. The van der Waals surface area contributed by atoms with Gasteiger partial charge in [0.15, 0.2) is 0 Å². The molecule has 0 aliphatic rings. The minimum atomic E-state index is -1.25. The summed E-state index contributed by atoms with van der Waals surface area (Å²) in [7, 11) is 0. The van der Waals surface area contributed by atoms with E-state index in [1.807, 2.05) is 24.3 Å². The maximum Gasteiger partial charge on any atom is 1.00 e. The van der Waals surface area contributed by atoms with Crippen LogP contribution in [-0.2, 0) is 16.0 Å². The largest absolute Gasteiger partial charge is 1.00 e. The van der Waals surface area contributed by atoms with Crippen LogP contribution in [-0.4, -0.2) is 22.9 Å². The van der Waals surface area contributed by atoms with Crippen LogP contribution in [0, 0.1) is 0 Å². The second-order valence-electron chi connectivity index (χ2n) is 9.34. The number of para-hydroxylation sites is 1. The molecule has 0 aliphatic carbocycles. The van der Waals surface area contributed by atoms with Gasteiger partial charge in [-0.3, -0.25) is 4.79 Å². The van der Waals surface area contributed by atoms with Gasteiger partial charge in [0, 0.05) is 29.9 Å². The van der Waals surface area contributed by atoms with E-state index in [-0.39, 0.29) is 41.9 Å². The van der Waals surface area contributed by atoms with Gasteiger partial charge < -0.3 is 20.2 Å². The van der Waals surface area contributed by atoms with Crippen LogP contribution in [0.1, 0.15) is 102 Å². The van der Waals surface area contributed by atoms with Gasteiger partial charge >= 0.3 is 29.6 Å². The van der Waals surface area contributed by atoms with Crippen LogP contribution in [0.25, 0.3) is 10.9 Å². The smallest absolute Gasteiger partial charge is 0.548 e. The van der Waals surface area contributed by atoms with E-state index in [1.165, 1.54) is 57.8 Å². The van der Waals surface area contributed by atoms with E-state index in [4.69, 9.17) is 0 Å². The molecule has 0 radical (unpaired) electrons. The molecule has 188 valence electrons. The summed E-state index contributed by atoms with van der Waals surface area (Å²) in [4.78, 5) is 27.0. The Morgan fingerprint density at radius 2 is 1.51 bits per heavy atom. The zero-order valence-electron chi connectivity index (χ0n) is 22.0. The Morgan fingerprint density at radius 1 is 0.914 bits per heavy atom. The monoisotopic (exact) mass is 490 g/mol. The molecule has 0 saturated carbocycles. The number of hydrogen-bond donors (Lipinski definition) is 2. The van der Waals surface area contributed by atoms with Crippen LogP contribution >= 0.6 is 0 Å². The predicted molar refractivity (Wildman–Crippen MR) is 138 cm³/mol. The van der Waals surface area contributed by atoms with Gasteiger partial charge in [-0.15, -0.1) is 0 Å². The summed E-state index contributed by atoms with van der Waals surface area (Å²) in [6, 6.07) is 6.71. The van der Waals surface area contributed by atoms with Gasteiger partial charge in [-0.1, -0.05) is 88.6 Å². The van der Waals surface area contributed by atoms with Gasteiger partial charge in [-0.05, 0) is 43.7 Å². The van der Waals surface area contributed by atoms with Crippen molar-refractivity contribution in [2.75, 3.05) is 0 Å². The Morgan fingerprint density at radius 3 is 2.17 bits per heavy atom. The van der Waals surface area contributed by atoms with Crippen molar-refractivity contribution < 1.29 is 44.3 Å². The maximum atomic E-state index is 12.3. The van der Waals surface area contributed by atoms with E-state index < -0.39 is 12.0 Å². The first-order chi connectivity index (χ1) is 16.6. The molecule has 1 amide bonds. The van der Waals surface area contributed by atoms with Crippen molar-refractivity contribution in [3.8, 4) is 0 Å². The van der Waals surface area contributed by atoms with E-state index in [9.17, 15) is 14.7 Å². The van der Waals surface area contributed by atoms with Crippen molar-refractivity contribution in [1.82, 2.24) is 10.3 Å². The number of carbonyl (C=O) groups is 2. The summed E-state index contributed by atoms with van der Waals surface area (Å²) in [5, 5.41) is 15.2. The van der Waals surface area contributed by atoms with Crippen LogP contribution in [0.2, 0.25) is 0 Å². The third-order valence-corrected chi connectivity index (χ3v) is 6.38. The number of aromatic amines is 1. The van der Waals surface area contributed by atoms with Gasteiger partial charge in [0.25, 0.3) is 0 Å². The molecule has 0 bridgehead atoms. The standard InChI is InChI=1S/C29H44N2O3.Na/c1-2-3-4-5-6-7-8-9-10-11-12-13-14-15-16-21-28(32)31-27(29(33)34)22-24-23-30-26-20-18-17-19-25(24)26;/h9-10,17-20,23,27,30H,2-8,11-16,21-22H2,1H3,(H,31,32)(H,33,34);/q;+1/p-1/b10-9-;/t27-;/m0./s1. The second-order valence-corrected chi connectivity index (χ2v) is 9.34. The van der Waals surface area contributed by atoms with E-state index >= 15 is 0 Å². The summed E-state index contributed by atoms with van der Waals surface area (Å²) >= 11 is 0. The van der Waals surface area contributed by atoms with Gasteiger partial charge in [-0.2, -0.15) is 0 Å². The van der Waals surface area contributed by atoms with Gasteiger partial charge in [0.05, 0.1) is 12.0 Å². The molecule has 1 aromatic heterocycles. The third kappa shape index (κ3) is 13.4. The van der Waals surface area contributed by atoms with E-state index in [1.54, 1.807) is 6.20 Å². The van der Waals surface area contributed by atoms with Crippen molar-refractivity contribution in [3.63, 3.8) is 0 Å². The maximum absolute atomic E-state index is 12.3. The number of carboxylic acids is 1. The van der Waals surface area contributed by atoms with Gasteiger partial charge in [0.2, 0.25) is 5.91 Å². The first-order valence-corrected chi connectivity index (χ1v) is 13.3. The zero-order valence-corrected chi connectivity index (χ0v) is 24.0. The predicted octanol–water partition coefficient (Wildman–Crippen LogP) is 2.99. The Hall–Kier alpha value is -1.56. The number of unbranched alkanes of at least 4 members (excludes halogenated alkanes) is 11. The fourth-order valence-electron chi connectivity index (χ4n) is 4.34. The molecule has 0 unspecified atom stereocenters. The van der Waals surface area contributed by atoms with E-state index in [0.29, 0.717) is 6.42 Å². The van der Waals surface area contributed by atoms with Crippen LogP contribution in [0.4, 0.5) is 0 Å². The number of hydrogen-bond acceptors (Lipinski definition) is 3. The van der Waals surface area contributed by atoms with E-state index in [0.717, 1.165) is 42.1 Å². The summed E-state index contributed by atoms with van der Waals surface area (Å²) in [5.41, 5.74) is 1.82. The number of aliphatic carboxylic acids is 1. The van der Waals surface area contributed by atoms with Crippen molar-refractivity contribution >= 4 is 22.8 Å². The molecule has 0 fully saturated rings. The summed E-state index contributed by atoms with van der Waals surface area (Å²) in [6.45, 7) is 2.25. The molecule has 2 N–H and O–H groups in total. The fraction of sp³-hybridized carbons (Fsp3) is 0.586. The quantitative estimate of drug-likeness (QED) is 0.180. The van der Waals surface area contributed by atoms with Crippen molar-refractivity contribution in [2.45, 2.75) is 109 Å². The molecule has 1 aromatic carbocycles. The van der Waals surface area contributed by atoms with E-state index in [2.05, 4.69) is 29.4 Å².